The summed E-state index contributed by atoms with van der Waals surface area (Å²) in [7, 11) is 0. The molecule has 1 aliphatic carbocycles. The number of rotatable bonds is 1. The minimum atomic E-state index is -0.884. The fraction of sp³-hybridized carbons (Fsp3) is 0.650. The predicted molar refractivity (Wildman–Crippen MR) is 93.0 cm³/mol. The molecule has 0 aromatic rings. The van der Waals surface area contributed by atoms with Crippen molar-refractivity contribution in [1.82, 2.24) is 0 Å². The lowest BCUT2D eigenvalue weighted by Crippen LogP contribution is -2.43. The van der Waals surface area contributed by atoms with E-state index in [1.165, 1.54) is 5.57 Å². The van der Waals surface area contributed by atoms with E-state index in [9.17, 15) is 9.90 Å². The van der Waals surface area contributed by atoms with Crippen LogP contribution in [0.15, 0.2) is 35.5 Å². The molecule has 0 aromatic carbocycles. The first-order valence-electron chi connectivity index (χ1n) is 8.75. The molecule has 0 radical (unpaired) electrons. The molecule has 3 aliphatic rings. The zero-order chi connectivity index (χ0) is 17.1. The molecule has 0 amide bonds. The van der Waals surface area contributed by atoms with Crippen molar-refractivity contribution < 1.29 is 14.6 Å². The second-order valence-electron chi connectivity index (χ2n) is 7.55. The standard InChI is InChI=1S/C20H30O3/c1-15(2)20-12-10-17(18(21)23-20)9-5-7-16(3)8-6-11-19(4,22)13-14-20/h8-9,13-15,22H,5-7,10-12H2,1-4H3/b14-13+,16-8-,17-9+/t19-,20-/m0/s1. The largest absolute Gasteiger partial charge is 0.451 e. The number of ether oxygens (including phenoxy) is 1. The molecular weight excluding hydrogens is 288 g/mol. The summed E-state index contributed by atoms with van der Waals surface area (Å²) in [6.07, 6.45) is 12.8. The van der Waals surface area contributed by atoms with Crippen LogP contribution in [0.2, 0.25) is 0 Å². The summed E-state index contributed by atoms with van der Waals surface area (Å²) in [6.45, 7) is 8.06. The molecule has 0 unspecified atom stereocenters. The van der Waals surface area contributed by atoms with Crippen LogP contribution in [0.3, 0.4) is 0 Å². The summed E-state index contributed by atoms with van der Waals surface area (Å²) in [6, 6.07) is 0. The molecule has 3 nitrogen and oxygen atoms in total. The molecular formula is C20H30O3. The second kappa shape index (κ2) is 7.04. The normalized spacial score (nSPS) is 39.0. The summed E-state index contributed by atoms with van der Waals surface area (Å²) in [5, 5.41) is 10.6. The lowest BCUT2D eigenvalue weighted by atomic mass is 9.80. The Morgan fingerprint density at radius 3 is 2.52 bits per heavy atom. The van der Waals surface area contributed by atoms with Gasteiger partial charge in [0.15, 0.2) is 0 Å². The van der Waals surface area contributed by atoms with Crippen molar-refractivity contribution in [3.63, 3.8) is 0 Å². The van der Waals surface area contributed by atoms with Crippen LogP contribution in [0.1, 0.15) is 66.2 Å². The van der Waals surface area contributed by atoms with Crippen LogP contribution >= 0.6 is 0 Å². The minimum absolute atomic E-state index is 0.176. The molecule has 2 aliphatic heterocycles. The van der Waals surface area contributed by atoms with E-state index in [4.69, 9.17) is 4.74 Å². The van der Waals surface area contributed by atoms with Gasteiger partial charge >= 0.3 is 5.97 Å². The van der Waals surface area contributed by atoms with Crippen LogP contribution in [-0.2, 0) is 9.53 Å². The van der Waals surface area contributed by atoms with Crippen molar-refractivity contribution in [2.75, 3.05) is 0 Å². The number of fused-ring (bicyclic) bond motifs is 9. The van der Waals surface area contributed by atoms with Gasteiger partial charge < -0.3 is 9.84 Å². The lowest BCUT2D eigenvalue weighted by Gasteiger charge is -2.39. The van der Waals surface area contributed by atoms with Gasteiger partial charge in [0.1, 0.15) is 5.60 Å². The highest BCUT2D eigenvalue weighted by atomic mass is 16.6. The van der Waals surface area contributed by atoms with Gasteiger partial charge in [-0.2, -0.15) is 0 Å². The van der Waals surface area contributed by atoms with E-state index < -0.39 is 11.2 Å². The van der Waals surface area contributed by atoms with Crippen molar-refractivity contribution in [1.29, 1.82) is 0 Å². The van der Waals surface area contributed by atoms with Gasteiger partial charge in [-0.15, -0.1) is 0 Å². The summed E-state index contributed by atoms with van der Waals surface area (Å²) >= 11 is 0. The van der Waals surface area contributed by atoms with Gasteiger partial charge in [-0.05, 0) is 64.4 Å². The zero-order valence-electron chi connectivity index (χ0n) is 14.9. The van der Waals surface area contributed by atoms with E-state index in [0.29, 0.717) is 6.42 Å². The first-order valence-corrected chi connectivity index (χ1v) is 8.75. The molecule has 0 spiro atoms. The van der Waals surface area contributed by atoms with Gasteiger partial charge in [-0.3, -0.25) is 0 Å². The van der Waals surface area contributed by atoms with E-state index in [-0.39, 0.29) is 11.9 Å². The highest BCUT2D eigenvalue weighted by Crippen LogP contribution is 2.37. The van der Waals surface area contributed by atoms with Gasteiger partial charge in [0.2, 0.25) is 0 Å². The summed E-state index contributed by atoms with van der Waals surface area (Å²) in [4.78, 5) is 12.4. The number of hydrogen-bond donors (Lipinski definition) is 1. The zero-order valence-corrected chi connectivity index (χ0v) is 14.9. The lowest BCUT2D eigenvalue weighted by molar-refractivity contribution is -0.159. The molecule has 2 atom stereocenters. The van der Waals surface area contributed by atoms with Crippen LogP contribution in [-0.4, -0.2) is 22.3 Å². The third kappa shape index (κ3) is 4.57. The van der Waals surface area contributed by atoms with Crippen LogP contribution in [0, 0.1) is 5.92 Å². The quantitative estimate of drug-likeness (QED) is 0.573. The molecule has 2 bridgehead atoms. The van der Waals surface area contributed by atoms with Crippen molar-refractivity contribution >= 4 is 5.97 Å². The maximum absolute atomic E-state index is 12.4. The SMILES string of the molecule is C/C1=C/CC[C@](C)(O)/C=C/[C@]2(C(C)C)CC/C(=C\CC1)C(=O)O2. The molecule has 1 fully saturated rings. The van der Waals surface area contributed by atoms with Crippen molar-refractivity contribution in [3.05, 3.63) is 35.5 Å². The van der Waals surface area contributed by atoms with Crippen LogP contribution in [0.4, 0.5) is 0 Å². The molecule has 23 heavy (non-hydrogen) atoms. The Morgan fingerprint density at radius 1 is 1.13 bits per heavy atom. The van der Waals surface area contributed by atoms with Gasteiger partial charge in [-0.25, -0.2) is 4.79 Å². The van der Waals surface area contributed by atoms with Crippen molar-refractivity contribution in [2.24, 2.45) is 5.92 Å². The first-order chi connectivity index (χ1) is 10.7. The Balaban J connectivity index is 2.35. The molecule has 1 N–H and O–H groups in total. The van der Waals surface area contributed by atoms with Gasteiger partial charge in [-0.1, -0.05) is 37.6 Å². The molecule has 128 valence electrons. The van der Waals surface area contributed by atoms with Crippen molar-refractivity contribution in [3.8, 4) is 0 Å². The third-order valence-electron chi connectivity index (χ3n) is 5.10. The summed E-state index contributed by atoms with van der Waals surface area (Å²) < 4.78 is 5.84. The van der Waals surface area contributed by atoms with Crippen molar-refractivity contribution in [2.45, 2.75) is 77.4 Å². The van der Waals surface area contributed by atoms with Gasteiger partial charge in [0, 0.05) is 5.57 Å². The third-order valence-corrected chi connectivity index (χ3v) is 5.10. The Bertz CT molecular complexity index is 537. The highest BCUT2D eigenvalue weighted by Gasteiger charge is 2.40. The molecule has 3 heteroatoms. The van der Waals surface area contributed by atoms with E-state index in [1.54, 1.807) is 0 Å². The second-order valence-corrected chi connectivity index (χ2v) is 7.55. The summed E-state index contributed by atoms with van der Waals surface area (Å²) in [5.74, 6) is -0.0250. The van der Waals surface area contributed by atoms with E-state index in [2.05, 4.69) is 26.8 Å². The van der Waals surface area contributed by atoms with Gasteiger partial charge in [0.25, 0.3) is 0 Å². The average molecular weight is 318 g/mol. The number of aliphatic hydroxyl groups is 1. The van der Waals surface area contributed by atoms with E-state index in [0.717, 1.165) is 37.7 Å². The Labute approximate surface area is 140 Å². The first kappa shape index (κ1) is 18.0. The van der Waals surface area contributed by atoms with E-state index in [1.807, 2.05) is 25.2 Å². The van der Waals surface area contributed by atoms with Crippen LogP contribution < -0.4 is 0 Å². The number of allylic oxidation sites excluding steroid dienone is 3. The monoisotopic (exact) mass is 318 g/mol. The Morgan fingerprint density at radius 2 is 1.87 bits per heavy atom. The molecule has 1 saturated heterocycles. The maximum Gasteiger partial charge on any atom is 0.334 e. The Hall–Kier alpha value is -1.35. The highest BCUT2D eigenvalue weighted by molar-refractivity contribution is 5.89. The molecule has 0 saturated carbocycles. The smallest absolute Gasteiger partial charge is 0.334 e. The maximum atomic E-state index is 12.4. The van der Waals surface area contributed by atoms with Gasteiger partial charge in [0.05, 0.1) is 5.60 Å². The minimum Gasteiger partial charge on any atom is -0.451 e. The average Bonchev–Trinajstić information content (AvgIpc) is 2.46. The molecule has 2 heterocycles. The number of hydrogen-bond acceptors (Lipinski definition) is 3. The van der Waals surface area contributed by atoms with E-state index >= 15 is 0 Å². The van der Waals surface area contributed by atoms with Crippen LogP contribution in [0.5, 0.6) is 0 Å². The fourth-order valence-electron chi connectivity index (χ4n) is 3.21. The predicted octanol–water partition coefficient (Wildman–Crippen LogP) is 4.47. The fourth-order valence-corrected chi connectivity index (χ4v) is 3.21. The number of carbonyl (C=O) groups excluding carboxylic acids is 1. The molecule has 0 aromatic heterocycles. The van der Waals surface area contributed by atoms with Crippen LogP contribution in [0.25, 0.3) is 0 Å². The number of esters is 1. The molecule has 3 rings (SSSR count). The topological polar surface area (TPSA) is 46.5 Å². The summed E-state index contributed by atoms with van der Waals surface area (Å²) in [5.41, 5.74) is 0.616. The number of carbonyl (C=O) groups is 1. The Kier molecular flexibility index (Phi) is 5.51.